The third-order valence-electron chi connectivity index (χ3n) is 6.10. The number of hydroxylamine groups is 2. The van der Waals surface area contributed by atoms with E-state index in [1.807, 2.05) is 12.1 Å². The van der Waals surface area contributed by atoms with Gasteiger partial charge in [-0.1, -0.05) is 43.4 Å². The van der Waals surface area contributed by atoms with Crippen LogP contribution in [0, 0.1) is 16.0 Å². The first-order valence-corrected chi connectivity index (χ1v) is 12.1. The number of methoxy groups -OCH3 is 2. The summed E-state index contributed by atoms with van der Waals surface area (Å²) in [6.07, 6.45) is 9.70. The van der Waals surface area contributed by atoms with Crippen LogP contribution < -0.4 is 9.47 Å². The van der Waals surface area contributed by atoms with Crippen LogP contribution in [0.4, 0.5) is 5.69 Å². The molecule has 0 heterocycles. The van der Waals surface area contributed by atoms with Crippen molar-refractivity contribution in [2.24, 2.45) is 5.92 Å². The van der Waals surface area contributed by atoms with E-state index >= 15 is 0 Å². The van der Waals surface area contributed by atoms with E-state index in [2.05, 4.69) is 0 Å². The fourth-order valence-corrected chi connectivity index (χ4v) is 4.32. The lowest BCUT2D eigenvalue weighted by Gasteiger charge is -2.26. The molecule has 3 rings (SSSR count). The highest BCUT2D eigenvalue weighted by atomic mass is 35.5. The summed E-state index contributed by atoms with van der Waals surface area (Å²) in [5.41, 5.74) is 1.07. The molecule has 188 valence electrons. The Morgan fingerprint density at radius 2 is 1.86 bits per heavy atom. The zero-order valence-corrected chi connectivity index (χ0v) is 20.8. The van der Waals surface area contributed by atoms with Crippen LogP contribution in [0.25, 0.3) is 6.08 Å². The smallest absolute Gasteiger partial charge is 0.288 e. The average molecular weight is 503 g/mol. The highest BCUT2D eigenvalue weighted by molar-refractivity contribution is 6.32. The van der Waals surface area contributed by atoms with E-state index in [9.17, 15) is 14.9 Å². The lowest BCUT2D eigenvalue weighted by atomic mass is 10.0. The van der Waals surface area contributed by atoms with E-state index in [-0.39, 0.29) is 23.2 Å². The first-order chi connectivity index (χ1) is 16.9. The van der Waals surface area contributed by atoms with Crippen molar-refractivity contribution in [2.75, 3.05) is 20.8 Å². The standard InChI is InChI=1S/C26H31ClN2O6/c1-33-22-12-11-21(25(16-22)34-2)18-35-28(17-20-7-5-3-4-6-8-20)26(30)14-10-19-9-13-23(27)24(15-19)29(31)32/h9-16,20H,3-8,17-18H2,1-2H3/b14-10+. The normalized spacial score (nSPS) is 14.5. The maximum absolute atomic E-state index is 13.1. The Balaban J connectivity index is 1.77. The molecule has 1 aliphatic carbocycles. The Kier molecular flexibility index (Phi) is 9.93. The lowest BCUT2D eigenvalue weighted by Crippen LogP contribution is -2.34. The zero-order chi connectivity index (χ0) is 25.2. The molecule has 0 aliphatic heterocycles. The number of carbonyl (C=O) groups excluding carboxylic acids is 1. The Morgan fingerprint density at radius 1 is 1.11 bits per heavy atom. The molecule has 9 heteroatoms. The molecule has 35 heavy (non-hydrogen) atoms. The lowest BCUT2D eigenvalue weighted by molar-refractivity contribution is -0.384. The van der Waals surface area contributed by atoms with Crippen LogP contribution >= 0.6 is 11.6 Å². The highest BCUT2D eigenvalue weighted by Crippen LogP contribution is 2.28. The number of benzene rings is 2. The molecule has 2 aromatic carbocycles. The van der Waals surface area contributed by atoms with Crippen LogP contribution in [-0.4, -0.2) is 36.7 Å². The topological polar surface area (TPSA) is 91.1 Å². The minimum Gasteiger partial charge on any atom is -0.497 e. The molecular formula is C26H31ClN2O6. The third kappa shape index (κ3) is 7.70. The van der Waals surface area contributed by atoms with Gasteiger partial charge in [-0.05, 0) is 48.6 Å². The Bertz CT molecular complexity index is 1050. The highest BCUT2D eigenvalue weighted by Gasteiger charge is 2.21. The Hall–Kier alpha value is -3.10. The van der Waals surface area contributed by atoms with E-state index in [0.29, 0.717) is 29.5 Å². The summed E-state index contributed by atoms with van der Waals surface area (Å²) in [6, 6.07) is 9.83. The van der Waals surface area contributed by atoms with Gasteiger partial charge in [-0.25, -0.2) is 5.06 Å². The van der Waals surface area contributed by atoms with Crippen molar-refractivity contribution in [3.05, 3.63) is 68.7 Å². The fraction of sp³-hybridized carbons (Fsp3) is 0.423. The van der Waals surface area contributed by atoms with E-state index in [4.69, 9.17) is 25.9 Å². The van der Waals surface area contributed by atoms with Gasteiger partial charge in [0, 0.05) is 23.8 Å². The number of ether oxygens (including phenoxy) is 2. The molecule has 8 nitrogen and oxygen atoms in total. The monoisotopic (exact) mass is 502 g/mol. The van der Waals surface area contributed by atoms with Gasteiger partial charge in [0.2, 0.25) is 0 Å². The quantitative estimate of drug-likeness (QED) is 0.166. The molecule has 0 atom stereocenters. The van der Waals surface area contributed by atoms with Gasteiger partial charge in [-0.2, -0.15) is 0 Å². The van der Waals surface area contributed by atoms with Crippen molar-refractivity contribution in [2.45, 2.75) is 45.1 Å². The number of carbonyl (C=O) groups is 1. The van der Waals surface area contributed by atoms with Crippen molar-refractivity contribution in [1.29, 1.82) is 0 Å². The van der Waals surface area contributed by atoms with Gasteiger partial charge in [-0.3, -0.25) is 19.7 Å². The fourth-order valence-electron chi connectivity index (χ4n) is 4.13. The number of halogens is 1. The minimum absolute atomic E-state index is 0.0465. The Labute approximate surface area is 210 Å². The van der Waals surface area contributed by atoms with Crippen LogP contribution in [0.5, 0.6) is 11.5 Å². The molecular weight excluding hydrogens is 472 g/mol. The summed E-state index contributed by atoms with van der Waals surface area (Å²) in [5.74, 6) is 1.29. The van der Waals surface area contributed by atoms with E-state index in [1.54, 1.807) is 26.4 Å². The summed E-state index contributed by atoms with van der Waals surface area (Å²) in [6.45, 7) is 0.619. The summed E-state index contributed by atoms with van der Waals surface area (Å²) < 4.78 is 10.7. The summed E-state index contributed by atoms with van der Waals surface area (Å²) in [4.78, 5) is 29.8. The summed E-state index contributed by atoms with van der Waals surface area (Å²) in [5, 5.41) is 12.6. The van der Waals surface area contributed by atoms with E-state index in [0.717, 1.165) is 31.2 Å². The molecule has 1 fully saturated rings. The van der Waals surface area contributed by atoms with Gasteiger partial charge in [0.05, 0.1) is 25.7 Å². The van der Waals surface area contributed by atoms with Crippen LogP contribution in [0.3, 0.4) is 0 Å². The molecule has 0 N–H and O–H groups in total. The maximum Gasteiger partial charge on any atom is 0.288 e. The summed E-state index contributed by atoms with van der Waals surface area (Å²) >= 11 is 5.89. The number of amides is 1. The van der Waals surface area contributed by atoms with Gasteiger partial charge in [0.15, 0.2) is 0 Å². The van der Waals surface area contributed by atoms with Crippen LogP contribution in [-0.2, 0) is 16.2 Å². The zero-order valence-electron chi connectivity index (χ0n) is 20.1. The van der Waals surface area contributed by atoms with Gasteiger partial charge in [0.1, 0.15) is 23.1 Å². The molecule has 0 aromatic heterocycles. The van der Waals surface area contributed by atoms with Gasteiger partial charge >= 0.3 is 0 Å². The van der Waals surface area contributed by atoms with Crippen molar-refractivity contribution in [3.63, 3.8) is 0 Å². The molecule has 0 unspecified atom stereocenters. The molecule has 0 radical (unpaired) electrons. The number of hydrogen-bond acceptors (Lipinski definition) is 6. The predicted molar refractivity (Wildman–Crippen MR) is 134 cm³/mol. The van der Waals surface area contributed by atoms with Gasteiger partial charge in [0.25, 0.3) is 11.6 Å². The number of nitro groups is 1. The minimum atomic E-state index is -0.550. The molecule has 1 amide bonds. The van der Waals surface area contributed by atoms with E-state index < -0.39 is 4.92 Å². The molecule has 1 saturated carbocycles. The number of rotatable bonds is 10. The second-order valence-corrected chi connectivity index (χ2v) is 8.92. The number of hydrogen-bond donors (Lipinski definition) is 0. The van der Waals surface area contributed by atoms with Gasteiger partial charge < -0.3 is 9.47 Å². The Morgan fingerprint density at radius 3 is 2.51 bits per heavy atom. The second kappa shape index (κ2) is 13.1. The number of nitro benzene ring substituents is 1. The molecule has 0 saturated heterocycles. The van der Waals surface area contributed by atoms with Crippen LogP contribution in [0.15, 0.2) is 42.5 Å². The van der Waals surface area contributed by atoms with Crippen molar-refractivity contribution in [1.82, 2.24) is 5.06 Å². The van der Waals surface area contributed by atoms with E-state index in [1.165, 1.54) is 42.2 Å². The van der Waals surface area contributed by atoms with Crippen LogP contribution in [0.1, 0.15) is 49.7 Å². The van der Waals surface area contributed by atoms with Crippen LogP contribution in [0.2, 0.25) is 5.02 Å². The average Bonchev–Trinajstić information content (AvgIpc) is 3.14. The molecule has 1 aliphatic rings. The maximum atomic E-state index is 13.1. The molecule has 0 bridgehead atoms. The molecule has 0 spiro atoms. The predicted octanol–water partition coefficient (Wildman–Crippen LogP) is 6.21. The first-order valence-electron chi connectivity index (χ1n) is 11.7. The largest absolute Gasteiger partial charge is 0.497 e. The number of nitrogens with zero attached hydrogens (tertiary/aromatic N) is 2. The SMILES string of the molecule is COc1ccc(CON(CC2CCCCCC2)C(=O)/C=C/c2ccc(Cl)c([N+](=O)[O-])c2)c(OC)c1. The van der Waals surface area contributed by atoms with Crippen molar-refractivity contribution < 1.29 is 24.0 Å². The third-order valence-corrected chi connectivity index (χ3v) is 6.42. The van der Waals surface area contributed by atoms with Crippen molar-refractivity contribution >= 4 is 29.3 Å². The van der Waals surface area contributed by atoms with Crippen molar-refractivity contribution in [3.8, 4) is 11.5 Å². The summed E-state index contributed by atoms with van der Waals surface area (Å²) in [7, 11) is 3.15. The second-order valence-electron chi connectivity index (χ2n) is 8.51. The first kappa shape index (κ1) is 26.5. The van der Waals surface area contributed by atoms with Gasteiger partial charge in [-0.15, -0.1) is 0 Å². The molecule has 2 aromatic rings.